The van der Waals surface area contributed by atoms with Crippen LogP contribution in [0.25, 0.3) is 0 Å². The van der Waals surface area contributed by atoms with Crippen LogP contribution in [0.3, 0.4) is 0 Å². The van der Waals surface area contributed by atoms with Crippen LogP contribution in [0.15, 0.2) is 0 Å². The first-order chi connectivity index (χ1) is 6.99. The third kappa shape index (κ3) is 3.63. The summed E-state index contributed by atoms with van der Waals surface area (Å²) in [6, 6.07) is -0.180. The van der Waals surface area contributed by atoms with Crippen LogP contribution in [-0.2, 0) is 4.79 Å². The highest BCUT2D eigenvalue weighted by Gasteiger charge is 2.42. The van der Waals surface area contributed by atoms with Gasteiger partial charge in [0.25, 0.3) is 0 Å². The van der Waals surface area contributed by atoms with E-state index in [1.54, 1.807) is 0 Å². The molecule has 0 radical (unpaired) electrons. The van der Waals surface area contributed by atoms with Gasteiger partial charge in [-0.25, -0.2) is 4.79 Å². The first-order valence-corrected chi connectivity index (χ1v) is 6.06. The molecule has 0 aromatic carbocycles. The van der Waals surface area contributed by atoms with Crippen LogP contribution in [0.4, 0.5) is 0 Å². The zero-order valence-corrected chi connectivity index (χ0v) is 11.3. The van der Waals surface area contributed by atoms with Crippen molar-refractivity contribution >= 4 is 5.97 Å². The van der Waals surface area contributed by atoms with E-state index in [0.29, 0.717) is 5.92 Å². The number of nitrogens with zero attached hydrogens (tertiary/aromatic N) is 1. The molecular formula is C12H24ClNO2. The highest BCUT2D eigenvalue weighted by molar-refractivity contribution is 5.72. The second kappa shape index (κ2) is 6.45. The predicted octanol–water partition coefficient (Wildman–Crippen LogP) is -0.880. The van der Waals surface area contributed by atoms with Gasteiger partial charge in [0.15, 0.2) is 6.04 Å². The normalized spacial score (nSPS) is 34.2. The van der Waals surface area contributed by atoms with E-state index in [1.807, 2.05) is 0 Å². The number of unbranched alkanes of at least 4 members (excludes halogenated alkanes) is 1. The third-order valence-electron chi connectivity index (χ3n) is 3.82. The maximum atomic E-state index is 11.3. The quantitative estimate of drug-likeness (QED) is 0.658. The Morgan fingerprint density at radius 3 is 2.62 bits per heavy atom. The van der Waals surface area contributed by atoms with E-state index >= 15 is 0 Å². The molecule has 0 aliphatic carbocycles. The topological polar surface area (TPSA) is 37.3 Å². The number of rotatable bonds is 4. The number of carboxylic acids is 1. The van der Waals surface area contributed by atoms with Crippen LogP contribution in [0, 0.1) is 5.92 Å². The standard InChI is InChI=1S/C12H23NO2.ClH/c1-4-5-7-13(3)8-6-10(2)9-11(13)12(14)15;/h10-11H,4-9H2,1-3H3;1H. The van der Waals surface area contributed by atoms with Gasteiger partial charge in [0.2, 0.25) is 0 Å². The second-order valence-corrected chi connectivity index (χ2v) is 5.26. The number of aliphatic carboxylic acids is 1. The predicted molar refractivity (Wildman–Crippen MR) is 60.6 cm³/mol. The maximum absolute atomic E-state index is 11.3. The van der Waals surface area contributed by atoms with Gasteiger partial charge >= 0.3 is 5.97 Å². The lowest BCUT2D eigenvalue weighted by molar-refractivity contribution is -0.931. The van der Waals surface area contributed by atoms with Crippen LogP contribution >= 0.6 is 0 Å². The van der Waals surface area contributed by atoms with Crippen molar-refractivity contribution in [2.45, 2.75) is 45.6 Å². The highest BCUT2D eigenvalue weighted by atomic mass is 35.5. The van der Waals surface area contributed by atoms with Gasteiger partial charge in [-0.05, 0) is 18.8 Å². The monoisotopic (exact) mass is 249 g/mol. The number of likely N-dealkylation sites (N-methyl/N-ethyl adjacent to an activating group) is 1. The van der Waals surface area contributed by atoms with Gasteiger partial charge in [0.1, 0.15) is 0 Å². The van der Waals surface area contributed by atoms with Crippen LogP contribution < -0.4 is 12.4 Å². The Morgan fingerprint density at radius 2 is 2.12 bits per heavy atom. The number of piperidine rings is 1. The van der Waals surface area contributed by atoms with Crippen LogP contribution in [-0.4, -0.2) is 41.7 Å². The fourth-order valence-corrected chi connectivity index (χ4v) is 2.58. The molecule has 3 unspecified atom stereocenters. The molecule has 1 heterocycles. The smallest absolute Gasteiger partial charge is 0.362 e. The fraction of sp³-hybridized carbons (Fsp3) is 0.917. The van der Waals surface area contributed by atoms with Crippen molar-refractivity contribution < 1.29 is 26.8 Å². The summed E-state index contributed by atoms with van der Waals surface area (Å²) in [6.07, 6.45) is 4.30. The Balaban J connectivity index is 0.00000225. The first-order valence-electron chi connectivity index (χ1n) is 6.06. The van der Waals surface area contributed by atoms with E-state index in [4.69, 9.17) is 0 Å². The third-order valence-corrected chi connectivity index (χ3v) is 3.82. The van der Waals surface area contributed by atoms with Crippen molar-refractivity contribution in [2.75, 3.05) is 20.1 Å². The number of halogens is 1. The summed E-state index contributed by atoms with van der Waals surface area (Å²) in [5.74, 6) is -0.0425. The van der Waals surface area contributed by atoms with Crippen molar-refractivity contribution in [2.24, 2.45) is 5.92 Å². The van der Waals surface area contributed by atoms with E-state index in [2.05, 4.69) is 20.9 Å². The zero-order chi connectivity index (χ0) is 11.5. The molecule has 1 fully saturated rings. The molecular weight excluding hydrogens is 226 g/mol. The lowest BCUT2D eigenvalue weighted by Crippen LogP contribution is -3.00. The highest BCUT2D eigenvalue weighted by Crippen LogP contribution is 2.28. The van der Waals surface area contributed by atoms with Gasteiger partial charge in [-0.2, -0.15) is 0 Å². The van der Waals surface area contributed by atoms with Crippen molar-refractivity contribution in [3.63, 3.8) is 0 Å². The van der Waals surface area contributed by atoms with Gasteiger partial charge in [0, 0.05) is 6.42 Å². The molecule has 1 N–H and O–H groups in total. The molecule has 4 heteroatoms. The summed E-state index contributed by atoms with van der Waals surface area (Å²) < 4.78 is 0.744. The summed E-state index contributed by atoms with van der Waals surface area (Å²) in [6.45, 7) is 6.37. The van der Waals surface area contributed by atoms with Gasteiger partial charge < -0.3 is 22.0 Å². The Hall–Kier alpha value is -0.280. The van der Waals surface area contributed by atoms with Gasteiger partial charge in [0.05, 0.1) is 20.1 Å². The molecule has 1 aliphatic rings. The molecule has 3 atom stereocenters. The molecule has 0 amide bonds. The van der Waals surface area contributed by atoms with E-state index < -0.39 is 5.97 Å². The van der Waals surface area contributed by atoms with Crippen molar-refractivity contribution in [1.82, 2.24) is 0 Å². The summed E-state index contributed by atoms with van der Waals surface area (Å²) in [5, 5.41) is 9.28. The van der Waals surface area contributed by atoms with E-state index in [-0.39, 0.29) is 18.4 Å². The van der Waals surface area contributed by atoms with Gasteiger partial charge in [-0.15, -0.1) is 0 Å². The van der Waals surface area contributed by atoms with E-state index in [9.17, 15) is 9.90 Å². The number of hydrogen-bond acceptors (Lipinski definition) is 1. The molecule has 1 aliphatic heterocycles. The molecule has 0 aromatic rings. The molecule has 16 heavy (non-hydrogen) atoms. The Labute approximate surface area is 105 Å². The first kappa shape index (κ1) is 15.7. The summed E-state index contributed by atoms with van der Waals surface area (Å²) in [4.78, 5) is 11.3. The van der Waals surface area contributed by atoms with E-state index in [0.717, 1.165) is 36.8 Å². The lowest BCUT2D eigenvalue weighted by atomic mass is 9.90. The zero-order valence-electron chi connectivity index (χ0n) is 10.6. The summed E-state index contributed by atoms with van der Waals surface area (Å²) in [7, 11) is 2.11. The van der Waals surface area contributed by atoms with Crippen molar-refractivity contribution in [1.29, 1.82) is 0 Å². The minimum atomic E-state index is -0.611. The average Bonchev–Trinajstić information content (AvgIpc) is 2.19. The molecule has 1 saturated heterocycles. The van der Waals surface area contributed by atoms with Crippen molar-refractivity contribution in [3.05, 3.63) is 0 Å². The summed E-state index contributed by atoms with van der Waals surface area (Å²) >= 11 is 0. The van der Waals surface area contributed by atoms with Crippen LogP contribution in [0.2, 0.25) is 0 Å². The second-order valence-electron chi connectivity index (χ2n) is 5.26. The largest absolute Gasteiger partial charge is 1.00 e. The Kier molecular flexibility index (Phi) is 6.34. The number of likely N-dealkylation sites (tertiary alicyclic amines) is 1. The average molecular weight is 250 g/mol. The summed E-state index contributed by atoms with van der Waals surface area (Å²) in [5.41, 5.74) is 0. The fourth-order valence-electron chi connectivity index (χ4n) is 2.58. The molecule has 0 saturated carbocycles. The Bertz CT molecular complexity index is 231. The maximum Gasteiger partial charge on any atom is 0.362 e. The lowest BCUT2D eigenvalue weighted by Gasteiger charge is -2.44. The van der Waals surface area contributed by atoms with E-state index in [1.165, 1.54) is 6.42 Å². The molecule has 1 rings (SSSR count). The van der Waals surface area contributed by atoms with Crippen molar-refractivity contribution in [3.8, 4) is 0 Å². The number of carboxylic acid groups (broad SMARTS) is 1. The van der Waals surface area contributed by atoms with Crippen LogP contribution in [0.1, 0.15) is 39.5 Å². The van der Waals surface area contributed by atoms with Gasteiger partial charge in [-0.1, -0.05) is 20.3 Å². The van der Waals surface area contributed by atoms with Gasteiger partial charge in [-0.3, -0.25) is 0 Å². The number of carbonyl (C=O) groups is 1. The Morgan fingerprint density at radius 1 is 1.50 bits per heavy atom. The molecule has 0 spiro atoms. The minimum Gasteiger partial charge on any atom is -1.00 e. The molecule has 0 bridgehead atoms. The minimum absolute atomic E-state index is 0. The molecule has 0 aromatic heterocycles. The SMILES string of the molecule is CCCC[N+]1(C)CCC(C)CC1C(=O)O.[Cl-]. The number of hydrogen-bond donors (Lipinski definition) is 1. The van der Waals surface area contributed by atoms with Crippen LogP contribution in [0.5, 0.6) is 0 Å². The molecule has 3 nitrogen and oxygen atoms in total. The molecule has 96 valence electrons. The number of quaternary nitrogens is 1.